The minimum Gasteiger partial charge on any atom is -0.351 e. The van der Waals surface area contributed by atoms with Gasteiger partial charge in [-0.05, 0) is 38.4 Å². The summed E-state index contributed by atoms with van der Waals surface area (Å²) in [6.45, 7) is 1.37. The number of aromatic nitrogens is 1. The minimum absolute atomic E-state index is 0. The molecule has 0 aliphatic rings. The van der Waals surface area contributed by atoms with Crippen LogP contribution in [0.25, 0.3) is 21.8 Å². The summed E-state index contributed by atoms with van der Waals surface area (Å²) < 4.78 is 0. The van der Waals surface area contributed by atoms with Crippen LogP contribution in [-0.2, 0) is 0 Å². The Morgan fingerprint density at radius 1 is 1.21 bits per heavy atom. The number of hydrogen-bond donors (Lipinski definition) is 1. The maximum Gasteiger partial charge on any atom is 0.253 e. The number of likely N-dealkylation sites (N-methyl/N-ethyl adjacent to an activating group) is 1. The quantitative estimate of drug-likeness (QED) is 0.717. The van der Waals surface area contributed by atoms with E-state index < -0.39 is 0 Å². The lowest BCUT2D eigenvalue weighted by atomic mass is 10.1. The average molecular weight is 364 g/mol. The first-order chi connectivity index (χ1) is 11.1. The standard InChI is InChI=1S/C18H18ClN3O.ClH/c1-22(2)10-9-20-18(23)13-7-8-15(19)14-11-12-5-3-4-6-16(12)21-17(13)14;/h3-8,11H,9-10H2,1-2H3,(H,20,23);1H. The fourth-order valence-corrected chi connectivity index (χ4v) is 2.71. The lowest BCUT2D eigenvalue weighted by Gasteiger charge is -2.12. The molecular weight excluding hydrogens is 345 g/mol. The number of pyridine rings is 1. The predicted octanol–water partition coefficient (Wildman–Crippen LogP) is 3.75. The smallest absolute Gasteiger partial charge is 0.253 e. The van der Waals surface area contributed by atoms with E-state index in [0.29, 0.717) is 22.6 Å². The zero-order valence-corrected chi connectivity index (χ0v) is 15.1. The van der Waals surface area contributed by atoms with Gasteiger partial charge >= 0.3 is 0 Å². The maximum absolute atomic E-state index is 12.5. The number of carbonyl (C=O) groups excluding carboxylic acids is 1. The van der Waals surface area contributed by atoms with Crippen molar-refractivity contribution in [3.05, 3.63) is 53.1 Å². The molecule has 4 nitrogen and oxygen atoms in total. The molecule has 0 aliphatic carbocycles. The molecule has 1 N–H and O–H groups in total. The summed E-state index contributed by atoms with van der Waals surface area (Å²) in [6.07, 6.45) is 0. The number of para-hydroxylation sites is 1. The van der Waals surface area contributed by atoms with Gasteiger partial charge in [-0.25, -0.2) is 4.98 Å². The number of amides is 1. The van der Waals surface area contributed by atoms with Crippen molar-refractivity contribution in [1.82, 2.24) is 15.2 Å². The molecule has 1 aromatic heterocycles. The first kappa shape index (κ1) is 18.5. The summed E-state index contributed by atoms with van der Waals surface area (Å²) in [7, 11) is 3.94. The van der Waals surface area contributed by atoms with Gasteiger partial charge in [-0.15, -0.1) is 12.4 Å². The number of benzene rings is 2. The molecule has 1 heterocycles. The maximum atomic E-state index is 12.5. The molecule has 2 aromatic carbocycles. The Hall–Kier alpha value is -1.88. The summed E-state index contributed by atoms with van der Waals surface area (Å²) in [5.74, 6) is -0.128. The second-order valence-electron chi connectivity index (χ2n) is 5.73. The normalized spacial score (nSPS) is 10.8. The third-order valence-electron chi connectivity index (χ3n) is 3.72. The van der Waals surface area contributed by atoms with Gasteiger partial charge in [-0.3, -0.25) is 4.79 Å². The Balaban J connectivity index is 0.00000208. The fourth-order valence-electron chi connectivity index (χ4n) is 2.50. The molecule has 6 heteroatoms. The minimum atomic E-state index is -0.128. The Morgan fingerprint density at radius 2 is 1.96 bits per heavy atom. The zero-order valence-electron chi connectivity index (χ0n) is 13.5. The number of rotatable bonds is 4. The number of carbonyl (C=O) groups is 1. The van der Waals surface area contributed by atoms with Crippen LogP contribution in [0.4, 0.5) is 0 Å². The van der Waals surface area contributed by atoms with Gasteiger partial charge in [0.05, 0.1) is 21.6 Å². The Morgan fingerprint density at radius 3 is 2.71 bits per heavy atom. The van der Waals surface area contributed by atoms with Gasteiger partial charge in [0.25, 0.3) is 5.91 Å². The van der Waals surface area contributed by atoms with Gasteiger partial charge in [0.15, 0.2) is 0 Å². The first-order valence-electron chi connectivity index (χ1n) is 7.47. The molecule has 0 saturated carbocycles. The highest BCUT2D eigenvalue weighted by Gasteiger charge is 2.14. The summed E-state index contributed by atoms with van der Waals surface area (Å²) in [5, 5.41) is 5.33. The molecule has 1 amide bonds. The van der Waals surface area contributed by atoms with Gasteiger partial charge < -0.3 is 10.2 Å². The van der Waals surface area contributed by atoms with Crippen molar-refractivity contribution < 1.29 is 4.79 Å². The fraction of sp³-hybridized carbons (Fsp3) is 0.222. The van der Waals surface area contributed by atoms with E-state index >= 15 is 0 Å². The number of nitrogens with zero attached hydrogens (tertiary/aromatic N) is 2. The van der Waals surface area contributed by atoms with Crippen LogP contribution in [0.2, 0.25) is 5.02 Å². The Bertz CT molecular complexity index is 881. The summed E-state index contributed by atoms with van der Waals surface area (Å²) in [5.41, 5.74) is 2.04. The van der Waals surface area contributed by atoms with Crippen molar-refractivity contribution in [3.8, 4) is 0 Å². The highest BCUT2D eigenvalue weighted by Crippen LogP contribution is 2.28. The molecule has 0 fully saturated rings. The molecule has 126 valence electrons. The summed E-state index contributed by atoms with van der Waals surface area (Å²) in [6, 6.07) is 13.3. The lowest BCUT2D eigenvalue weighted by Crippen LogP contribution is -2.31. The van der Waals surface area contributed by atoms with E-state index in [2.05, 4.69) is 10.3 Å². The average Bonchev–Trinajstić information content (AvgIpc) is 2.53. The third-order valence-corrected chi connectivity index (χ3v) is 4.05. The molecule has 3 aromatic rings. The van der Waals surface area contributed by atoms with Crippen LogP contribution in [0.3, 0.4) is 0 Å². The third kappa shape index (κ3) is 3.78. The van der Waals surface area contributed by atoms with Crippen LogP contribution in [0.15, 0.2) is 42.5 Å². The number of halogens is 2. The van der Waals surface area contributed by atoms with E-state index in [-0.39, 0.29) is 18.3 Å². The summed E-state index contributed by atoms with van der Waals surface area (Å²) >= 11 is 6.30. The Labute approximate surface area is 152 Å². The van der Waals surface area contributed by atoms with Gasteiger partial charge in [-0.1, -0.05) is 29.8 Å². The second-order valence-corrected chi connectivity index (χ2v) is 6.14. The van der Waals surface area contributed by atoms with Crippen LogP contribution in [0.1, 0.15) is 10.4 Å². The van der Waals surface area contributed by atoms with Crippen LogP contribution in [0.5, 0.6) is 0 Å². The Kier molecular flexibility index (Phi) is 5.99. The molecule has 0 atom stereocenters. The van der Waals surface area contributed by atoms with Crippen molar-refractivity contribution in [2.75, 3.05) is 27.2 Å². The van der Waals surface area contributed by atoms with Crippen molar-refractivity contribution in [1.29, 1.82) is 0 Å². The van der Waals surface area contributed by atoms with Crippen LogP contribution in [-0.4, -0.2) is 43.0 Å². The van der Waals surface area contributed by atoms with Crippen molar-refractivity contribution in [2.24, 2.45) is 0 Å². The van der Waals surface area contributed by atoms with Crippen molar-refractivity contribution >= 4 is 51.7 Å². The van der Waals surface area contributed by atoms with Gasteiger partial charge in [0.2, 0.25) is 0 Å². The molecule has 24 heavy (non-hydrogen) atoms. The number of hydrogen-bond acceptors (Lipinski definition) is 3. The molecular formula is C18H19Cl2N3O. The molecule has 0 saturated heterocycles. The first-order valence-corrected chi connectivity index (χ1v) is 7.85. The van der Waals surface area contributed by atoms with Crippen LogP contribution < -0.4 is 5.32 Å². The highest BCUT2D eigenvalue weighted by atomic mass is 35.5. The van der Waals surface area contributed by atoms with Gasteiger partial charge in [0, 0.05) is 23.9 Å². The number of fused-ring (bicyclic) bond motifs is 2. The zero-order chi connectivity index (χ0) is 16.4. The van der Waals surface area contributed by atoms with E-state index in [1.165, 1.54) is 0 Å². The second kappa shape index (κ2) is 7.79. The largest absolute Gasteiger partial charge is 0.351 e. The van der Waals surface area contributed by atoms with Crippen LogP contribution >= 0.6 is 24.0 Å². The van der Waals surface area contributed by atoms with E-state index in [1.54, 1.807) is 12.1 Å². The monoisotopic (exact) mass is 363 g/mol. The van der Waals surface area contributed by atoms with Crippen molar-refractivity contribution in [2.45, 2.75) is 0 Å². The van der Waals surface area contributed by atoms with E-state index in [0.717, 1.165) is 22.8 Å². The van der Waals surface area contributed by atoms with Gasteiger partial charge in [0.1, 0.15) is 0 Å². The SMILES string of the molecule is CN(C)CCNC(=O)c1ccc(Cl)c2cc3ccccc3nc12.Cl. The molecule has 0 aliphatic heterocycles. The number of nitrogens with one attached hydrogen (secondary N) is 1. The van der Waals surface area contributed by atoms with Gasteiger partial charge in [-0.2, -0.15) is 0 Å². The van der Waals surface area contributed by atoms with E-state index in [1.807, 2.05) is 49.3 Å². The lowest BCUT2D eigenvalue weighted by molar-refractivity contribution is 0.0952. The molecule has 0 bridgehead atoms. The van der Waals surface area contributed by atoms with Crippen LogP contribution in [0, 0.1) is 0 Å². The molecule has 3 rings (SSSR count). The van der Waals surface area contributed by atoms with E-state index in [4.69, 9.17) is 11.6 Å². The van der Waals surface area contributed by atoms with E-state index in [9.17, 15) is 4.79 Å². The molecule has 0 unspecified atom stereocenters. The van der Waals surface area contributed by atoms with Crippen molar-refractivity contribution in [3.63, 3.8) is 0 Å². The summed E-state index contributed by atoms with van der Waals surface area (Å²) in [4.78, 5) is 19.1. The topological polar surface area (TPSA) is 45.2 Å². The molecule has 0 spiro atoms. The predicted molar refractivity (Wildman–Crippen MR) is 102 cm³/mol. The molecule has 0 radical (unpaired) electrons. The highest BCUT2D eigenvalue weighted by molar-refractivity contribution is 6.36.